The number of ether oxygens (including phenoxy) is 1. The molecule has 0 saturated heterocycles. The molecule has 1 rings (SSSR count). The SMILES string of the molecule is CCC(C)Oc1ccc(CNC)cn1. The molecule has 3 heteroatoms. The number of pyridine rings is 1. The van der Waals surface area contributed by atoms with Gasteiger partial charge in [-0.2, -0.15) is 0 Å². The van der Waals surface area contributed by atoms with Crippen molar-refractivity contribution in [1.29, 1.82) is 0 Å². The van der Waals surface area contributed by atoms with Gasteiger partial charge in [0, 0.05) is 18.8 Å². The molecule has 0 bridgehead atoms. The third-order valence-corrected chi connectivity index (χ3v) is 2.08. The molecule has 0 aliphatic carbocycles. The van der Waals surface area contributed by atoms with E-state index in [0.717, 1.165) is 13.0 Å². The predicted octanol–water partition coefficient (Wildman–Crippen LogP) is 1.98. The highest BCUT2D eigenvalue weighted by molar-refractivity contribution is 5.17. The summed E-state index contributed by atoms with van der Waals surface area (Å²) >= 11 is 0. The van der Waals surface area contributed by atoms with Crippen LogP contribution in [-0.4, -0.2) is 18.1 Å². The van der Waals surface area contributed by atoms with Crippen molar-refractivity contribution in [3.63, 3.8) is 0 Å². The second-order valence-corrected chi connectivity index (χ2v) is 3.37. The highest BCUT2D eigenvalue weighted by atomic mass is 16.5. The molecule has 0 aliphatic heterocycles. The summed E-state index contributed by atoms with van der Waals surface area (Å²) in [5.41, 5.74) is 1.17. The summed E-state index contributed by atoms with van der Waals surface area (Å²) in [6.07, 6.45) is 3.08. The van der Waals surface area contributed by atoms with Crippen LogP contribution in [0.15, 0.2) is 18.3 Å². The molecule has 1 aromatic heterocycles. The quantitative estimate of drug-likeness (QED) is 0.778. The molecule has 0 spiro atoms. The molecule has 0 amide bonds. The van der Waals surface area contributed by atoms with E-state index in [4.69, 9.17) is 4.74 Å². The number of hydrogen-bond donors (Lipinski definition) is 1. The van der Waals surface area contributed by atoms with Crippen molar-refractivity contribution in [2.75, 3.05) is 7.05 Å². The smallest absolute Gasteiger partial charge is 0.213 e. The lowest BCUT2D eigenvalue weighted by molar-refractivity contribution is 0.208. The maximum absolute atomic E-state index is 5.57. The van der Waals surface area contributed by atoms with Crippen molar-refractivity contribution in [2.24, 2.45) is 0 Å². The van der Waals surface area contributed by atoms with E-state index in [2.05, 4.69) is 17.2 Å². The molecule has 0 saturated carbocycles. The fourth-order valence-electron chi connectivity index (χ4n) is 1.08. The minimum atomic E-state index is 0.234. The number of nitrogens with zero attached hydrogens (tertiary/aromatic N) is 1. The van der Waals surface area contributed by atoms with E-state index in [1.165, 1.54) is 5.56 Å². The lowest BCUT2D eigenvalue weighted by Gasteiger charge is -2.11. The number of aromatic nitrogens is 1. The molecule has 1 atom stereocenters. The summed E-state index contributed by atoms with van der Waals surface area (Å²) in [4.78, 5) is 4.22. The van der Waals surface area contributed by atoms with Gasteiger partial charge in [0.15, 0.2) is 0 Å². The van der Waals surface area contributed by atoms with Gasteiger partial charge >= 0.3 is 0 Å². The second kappa shape index (κ2) is 5.60. The molecular formula is C11H18N2O. The summed E-state index contributed by atoms with van der Waals surface area (Å²) in [6, 6.07) is 3.94. The first-order chi connectivity index (χ1) is 6.76. The molecule has 14 heavy (non-hydrogen) atoms. The van der Waals surface area contributed by atoms with Crippen LogP contribution < -0.4 is 10.1 Å². The van der Waals surface area contributed by atoms with Gasteiger partial charge in [0.25, 0.3) is 0 Å². The fraction of sp³-hybridized carbons (Fsp3) is 0.545. The molecule has 0 radical (unpaired) electrons. The molecule has 1 aromatic rings. The Balaban J connectivity index is 2.54. The van der Waals surface area contributed by atoms with Crippen LogP contribution in [0.25, 0.3) is 0 Å². The number of nitrogens with one attached hydrogen (secondary N) is 1. The molecule has 3 nitrogen and oxygen atoms in total. The van der Waals surface area contributed by atoms with E-state index in [0.29, 0.717) is 5.88 Å². The molecule has 78 valence electrons. The molecule has 1 heterocycles. The molecule has 1 unspecified atom stereocenters. The lowest BCUT2D eigenvalue weighted by Crippen LogP contribution is -2.11. The highest BCUT2D eigenvalue weighted by Crippen LogP contribution is 2.10. The zero-order chi connectivity index (χ0) is 10.4. The normalized spacial score (nSPS) is 12.5. The Morgan fingerprint density at radius 2 is 2.29 bits per heavy atom. The first-order valence-electron chi connectivity index (χ1n) is 5.02. The van der Waals surface area contributed by atoms with E-state index < -0.39 is 0 Å². The number of hydrogen-bond acceptors (Lipinski definition) is 3. The molecule has 1 N–H and O–H groups in total. The monoisotopic (exact) mass is 194 g/mol. The summed E-state index contributed by atoms with van der Waals surface area (Å²) in [7, 11) is 1.92. The lowest BCUT2D eigenvalue weighted by atomic mass is 10.3. The maximum Gasteiger partial charge on any atom is 0.213 e. The van der Waals surface area contributed by atoms with Crippen LogP contribution in [0.4, 0.5) is 0 Å². The van der Waals surface area contributed by atoms with Crippen LogP contribution in [0.1, 0.15) is 25.8 Å². The van der Waals surface area contributed by atoms with Crippen molar-refractivity contribution in [1.82, 2.24) is 10.3 Å². The van der Waals surface area contributed by atoms with Gasteiger partial charge in [-0.25, -0.2) is 4.98 Å². The Kier molecular flexibility index (Phi) is 4.40. The third-order valence-electron chi connectivity index (χ3n) is 2.08. The van der Waals surface area contributed by atoms with E-state index in [1.54, 1.807) is 0 Å². The van der Waals surface area contributed by atoms with Crippen molar-refractivity contribution in [3.05, 3.63) is 23.9 Å². The minimum Gasteiger partial charge on any atom is -0.475 e. The zero-order valence-electron chi connectivity index (χ0n) is 9.08. The molecule has 0 aliphatic rings. The van der Waals surface area contributed by atoms with Gasteiger partial charge in [-0.15, -0.1) is 0 Å². The van der Waals surface area contributed by atoms with Gasteiger partial charge in [0.05, 0.1) is 6.10 Å². The van der Waals surface area contributed by atoms with Crippen LogP contribution >= 0.6 is 0 Å². The summed E-state index contributed by atoms with van der Waals surface area (Å²) in [5.74, 6) is 0.708. The third kappa shape index (κ3) is 3.34. The van der Waals surface area contributed by atoms with Gasteiger partial charge in [0.2, 0.25) is 5.88 Å². The van der Waals surface area contributed by atoms with Gasteiger partial charge in [-0.1, -0.05) is 13.0 Å². The Morgan fingerprint density at radius 1 is 1.50 bits per heavy atom. The van der Waals surface area contributed by atoms with Crippen molar-refractivity contribution >= 4 is 0 Å². The van der Waals surface area contributed by atoms with Gasteiger partial charge < -0.3 is 10.1 Å². The van der Waals surface area contributed by atoms with Crippen LogP contribution in [0.3, 0.4) is 0 Å². The standard InChI is InChI=1S/C11H18N2O/c1-4-9(2)14-11-6-5-10(7-12-3)8-13-11/h5-6,8-9,12H,4,7H2,1-3H3. The summed E-state index contributed by atoms with van der Waals surface area (Å²) in [6.45, 7) is 4.99. The fourth-order valence-corrected chi connectivity index (χ4v) is 1.08. The van der Waals surface area contributed by atoms with Crippen molar-refractivity contribution in [3.8, 4) is 5.88 Å². The van der Waals surface area contributed by atoms with Crippen molar-refractivity contribution < 1.29 is 4.74 Å². The van der Waals surface area contributed by atoms with E-state index in [1.807, 2.05) is 32.3 Å². The zero-order valence-corrected chi connectivity index (χ0v) is 9.08. The van der Waals surface area contributed by atoms with Crippen LogP contribution in [0.5, 0.6) is 5.88 Å². The second-order valence-electron chi connectivity index (χ2n) is 3.37. The summed E-state index contributed by atoms with van der Waals surface area (Å²) in [5, 5.41) is 3.07. The van der Waals surface area contributed by atoms with Gasteiger partial charge in [-0.05, 0) is 26.0 Å². The highest BCUT2D eigenvalue weighted by Gasteiger charge is 2.01. The van der Waals surface area contributed by atoms with Crippen molar-refractivity contribution in [2.45, 2.75) is 32.9 Å². The Bertz CT molecular complexity index is 258. The van der Waals surface area contributed by atoms with Gasteiger partial charge in [0.1, 0.15) is 0 Å². The van der Waals surface area contributed by atoms with E-state index in [-0.39, 0.29) is 6.10 Å². The average Bonchev–Trinajstić information content (AvgIpc) is 2.21. The Labute approximate surface area is 85.5 Å². The minimum absolute atomic E-state index is 0.234. The Morgan fingerprint density at radius 3 is 2.79 bits per heavy atom. The van der Waals surface area contributed by atoms with Crippen LogP contribution in [-0.2, 0) is 6.54 Å². The molecular weight excluding hydrogens is 176 g/mol. The topological polar surface area (TPSA) is 34.1 Å². The predicted molar refractivity (Wildman–Crippen MR) is 57.4 cm³/mol. The van der Waals surface area contributed by atoms with E-state index in [9.17, 15) is 0 Å². The van der Waals surface area contributed by atoms with Gasteiger partial charge in [-0.3, -0.25) is 0 Å². The Hall–Kier alpha value is -1.09. The number of rotatable bonds is 5. The molecule has 0 aromatic carbocycles. The summed E-state index contributed by atoms with van der Waals surface area (Å²) < 4.78 is 5.57. The van der Waals surface area contributed by atoms with Crippen LogP contribution in [0, 0.1) is 0 Å². The maximum atomic E-state index is 5.57. The van der Waals surface area contributed by atoms with Crippen LogP contribution in [0.2, 0.25) is 0 Å². The first kappa shape index (κ1) is 11.0. The average molecular weight is 194 g/mol. The molecule has 0 fully saturated rings. The largest absolute Gasteiger partial charge is 0.475 e. The van der Waals surface area contributed by atoms with E-state index >= 15 is 0 Å². The first-order valence-corrected chi connectivity index (χ1v) is 5.02.